The highest BCUT2D eigenvalue weighted by Crippen LogP contribution is 2.20. The molecule has 0 atom stereocenters. The Morgan fingerprint density at radius 2 is 2.12 bits per heavy atom. The quantitative estimate of drug-likeness (QED) is 0.625. The van der Waals surface area contributed by atoms with Gasteiger partial charge < -0.3 is 10.1 Å². The molecule has 24 heavy (non-hydrogen) atoms. The second-order valence-electron chi connectivity index (χ2n) is 5.97. The number of aliphatic hydroxyl groups is 1. The third kappa shape index (κ3) is 3.99. The van der Waals surface area contributed by atoms with Crippen LogP contribution in [-0.4, -0.2) is 44.7 Å². The summed E-state index contributed by atoms with van der Waals surface area (Å²) in [4.78, 5) is 14.6. The fourth-order valence-electron chi connectivity index (χ4n) is 2.85. The number of unbranched alkanes of at least 4 members (excludes halogenated alkanes) is 1. The lowest BCUT2D eigenvalue weighted by atomic mass is 10.1. The van der Waals surface area contributed by atoms with Crippen LogP contribution in [0.5, 0.6) is 0 Å². The molecule has 1 aromatic carbocycles. The molecule has 0 aliphatic rings. The van der Waals surface area contributed by atoms with E-state index in [2.05, 4.69) is 51.0 Å². The Morgan fingerprint density at radius 1 is 1.21 bits per heavy atom. The Labute approximate surface area is 142 Å². The second kappa shape index (κ2) is 8.04. The number of nitrogens with one attached hydrogen (secondary N) is 1. The largest absolute Gasteiger partial charge is 0.396 e. The van der Waals surface area contributed by atoms with E-state index >= 15 is 0 Å². The molecule has 0 fully saturated rings. The molecule has 3 aromatic rings. The highest BCUT2D eigenvalue weighted by atomic mass is 16.2. The predicted molar refractivity (Wildman–Crippen MR) is 96.6 cm³/mol. The molecular formula is C19H24N4O. The molecule has 2 aromatic heterocycles. The molecule has 5 nitrogen and oxygen atoms in total. The van der Waals surface area contributed by atoms with Gasteiger partial charge in [-0.1, -0.05) is 25.1 Å². The van der Waals surface area contributed by atoms with Crippen LogP contribution in [0.3, 0.4) is 0 Å². The number of hydrogen-bond acceptors (Lipinski definition) is 4. The molecule has 0 aliphatic heterocycles. The first kappa shape index (κ1) is 16.6. The molecule has 126 valence electrons. The summed E-state index contributed by atoms with van der Waals surface area (Å²) in [6.45, 7) is 5.37. The summed E-state index contributed by atoms with van der Waals surface area (Å²) in [6, 6.07) is 10.4. The van der Waals surface area contributed by atoms with Crippen LogP contribution in [0.4, 0.5) is 0 Å². The van der Waals surface area contributed by atoms with E-state index in [0.717, 1.165) is 54.9 Å². The van der Waals surface area contributed by atoms with Crippen LogP contribution in [0.2, 0.25) is 0 Å². The van der Waals surface area contributed by atoms with Crippen LogP contribution >= 0.6 is 0 Å². The molecule has 3 rings (SSSR count). The van der Waals surface area contributed by atoms with Crippen LogP contribution in [-0.2, 0) is 6.54 Å². The Kier molecular flexibility index (Phi) is 5.56. The lowest BCUT2D eigenvalue weighted by Gasteiger charge is -2.20. The number of benzene rings is 1. The topological polar surface area (TPSA) is 65.0 Å². The van der Waals surface area contributed by atoms with Gasteiger partial charge in [0.1, 0.15) is 5.52 Å². The Bertz CT molecular complexity index is 784. The first-order valence-corrected chi connectivity index (χ1v) is 8.53. The van der Waals surface area contributed by atoms with Crippen LogP contribution in [0.25, 0.3) is 22.4 Å². The maximum atomic E-state index is 8.93. The Hall–Kier alpha value is -2.24. The fraction of sp³-hybridized carbons (Fsp3) is 0.368. The van der Waals surface area contributed by atoms with E-state index in [9.17, 15) is 0 Å². The van der Waals surface area contributed by atoms with E-state index < -0.39 is 0 Å². The average molecular weight is 324 g/mol. The van der Waals surface area contributed by atoms with E-state index in [1.54, 1.807) is 0 Å². The summed E-state index contributed by atoms with van der Waals surface area (Å²) in [5.41, 5.74) is 4.96. The lowest BCUT2D eigenvalue weighted by Crippen LogP contribution is -2.24. The summed E-state index contributed by atoms with van der Waals surface area (Å²) in [5, 5.41) is 8.93. The van der Waals surface area contributed by atoms with Crippen molar-refractivity contribution in [3.8, 4) is 11.3 Å². The molecule has 2 N–H and O–H groups in total. The molecule has 2 heterocycles. The van der Waals surface area contributed by atoms with Gasteiger partial charge in [-0.15, -0.1) is 0 Å². The Morgan fingerprint density at radius 3 is 2.96 bits per heavy atom. The first-order valence-electron chi connectivity index (χ1n) is 8.53. The molecule has 0 saturated carbocycles. The molecule has 0 radical (unpaired) electrons. The van der Waals surface area contributed by atoms with E-state index in [-0.39, 0.29) is 6.61 Å². The van der Waals surface area contributed by atoms with Gasteiger partial charge in [-0.2, -0.15) is 0 Å². The fourth-order valence-corrected chi connectivity index (χ4v) is 2.85. The summed E-state index contributed by atoms with van der Waals surface area (Å²) >= 11 is 0. The van der Waals surface area contributed by atoms with Crippen molar-refractivity contribution in [3.05, 3.63) is 48.3 Å². The highest BCUT2D eigenvalue weighted by Gasteiger charge is 2.07. The lowest BCUT2D eigenvalue weighted by molar-refractivity contribution is 0.243. The van der Waals surface area contributed by atoms with Crippen LogP contribution in [0.15, 0.2) is 42.7 Å². The molecule has 0 saturated heterocycles. The zero-order chi connectivity index (χ0) is 16.8. The molecular weight excluding hydrogens is 300 g/mol. The number of nitrogens with zero attached hydrogens (tertiary/aromatic N) is 3. The minimum Gasteiger partial charge on any atom is -0.396 e. The van der Waals surface area contributed by atoms with Crippen LogP contribution < -0.4 is 0 Å². The molecule has 0 bridgehead atoms. The summed E-state index contributed by atoms with van der Waals surface area (Å²) < 4.78 is 0. The third-order valence-corrected chi connectivity index (χ3v) is 4.22. The van der Waals surface area contributed by atoms with Crippen molar-refractivity contribution >= 4 is 11.2 Å². The van der Waals surface area contributed by atoms with Crippen molar-refractivity contribution in [3.63, 3.8) is 0 Å². The Balaban J connectivity index is 1.75. The van der Waals surface area contributed by atoms with Gasteiger partial charge in [-0.05, 0) is 43.6 Å². The van der Waals surface area contributed by atoms with Gasteiger partial charge in [0.15, 0.2) is 5.65 Å². The highest BCUT2D eigenvalue weighted by molar-refractivity contribution is 5.74. The summed E-state index contributed by atoms with van der Waals surface area (Å²) in [5.74, 6) is 0. The van der Waals surface area contributed by atoms with Gasteiger partial charge in [0, 0.05) is 24.9 Å². The maximum Gasteiger partial charge on any atom is 0.156 e. The van der Waals surface area contributed by atoms with Crippen molar-refractivity contribution in [1.29, 1.82) is 0 Å². The second-order valence-corrected chi connectivity index (χ2v) is 5.97. The SMILES string of the molecule is CCN(CCCCO)Cc1cccc(-c2cnc3[nH]ccc3n2)c1. The zero-order valence-electron chi connectivity index (χ0n) is 14.1. The van der Waals surface area contributed by atoms with Crippen molar-refractivity contribution in [2.24, 2.45) is 0 Å². The number of fused-ring (bicyclic) bond motifs is 1. The normalized spacial score (nSPS) is 11.5. The molecule has 0 spiro atoms. The van der Waals surface area contributed by atoms with Gasteiger partial charge in [0.2, 0.25) is 0 Å². The monoisotopic (exact) mass is 324 g/mol. The van der Waals surface area contributed by atoms with E-state index in [1.807, 2.05) is 18.5 Å². The average Bonchev–Trinajstić information content (AvgIpc) is 3.09. The predicted octanol–water partition coefficient (Wildman–Crippen LogP) is 3.22. The van der Waals surface area contributed by atoms with Gasteiger partial charge in [0.05, 0.1) is 11.9 Å². The van der Waals surface area contributed by atoms with Crippen LogP contribution in [0, 0.1) is 0 Å². The number of aromatic amines is 1. The van der Waals surface area contributed by atoms with E-state index in [0.29, 0.717) is 0 Å². The van der Waals surface area contributed by atoms with E-state index in [4.69, 9.17) is 5.11 Å². The maximum absolute atomic E-state index is 8.93. The number of H-pyrrole nitrogens is 1. The van der Waals surface area contributed by atoms with Crippen molar-refractivity contribution in [2.45, 2.75) is 26.3 Å². The first-order chi connectivity index (χ1) is 11.8. The molecule has 0 unspecified atom stereocenters. The van der Waals surface area contributed by atoms with Gasteiger partial charge in [-0.25, -0.2) is 9.97 Å². The number of aromatic nitrogens is 3. The smallest absolute Gasteiger partial charge is 0.156 e. The third-order valence-electron chi connectivity index (χ3n) is 4.22. The van der Waals surface area contributed by atoms with Crippen molar-refractivity contribution in [1.82, 2.24) is 19.9 Å². The summed E-state index contributed by atoms with van der Waals surface area (Å²) in [6.07, 6.45) is 5.57. The number of hydrogen-bond donors (Lipinski definition) is 2. The number of aliphatic hydroxyl groups excluding tert-OH is 1. The van der Waals surface area contributed by atoms with E-state index in [1.165, 1.54) is 5.56 Å². The molecule has 5 heteroatoms. The van der Waals surface area contributed by atoms with Gasteiger partial charge >= 0.3 is 0 Å². The minimum absolute atomic E-state index is 0.271. The van der Waals surface area contributed by atoms with Gasteiger partial charge in [0.25, 0.3) is 0 Å². The van der Waals surface area contributed by atoms with Crippen LogP contribution in [0.1, 0.15) is 25.3 Å². The zero-order valence-corrected chi connectivity index (χ0v) is 14.1. The van der Waals surface area contributed by atoms with Gasteiger partial charge in [-0.3, -0.25) is 4.90 Å². The minimum atomic E-state index is 0.271. The number of rotatable bonds is 8. The molecule has 0 amide bonds. The summed E-state index contributed by atoms with van der Waals surface area (Å²) in [7, 11) is 0. The van der Waals surface area contributed by atoms with Crippen molar-refractivity contribution < 1.29 is 5.11 Å². The standard InChI is InChI=1S/C19H24N4O/c1-2-23(10-3-4-11-24)14-15-6-5-7-16(12-15)18-13-21-19-17(22-18)8-9-20-19/h5-9,12-13,24H,2-4,10-11,14H2,1H3,(H,20,21). The molecule has 0 aliphatic carbocycles. The van der Waals surface area contributed by atoms with Crippen molar-refractivity contribution in [2.75, 3.05) is 19.7 Å².